The van der Waals surface area contributed by atoms with E-state index in [1.807, 2.05) is 38.4 Å². The fourth-order valence-electron chi connectivity index (χ4n) is 3.55. The van der Waals surface area contributed by atoms with Crippen LogP contribution in [0, 0.1) is 0 Å². The van der Waals surface area contributed by atoms with Crippen LogP contribution in [0.3, 0.4) is 0 Å². The van der Waals surface area contributed by atoms with Crippen LogP contribution in [0.5, 0.6) is 0 Å². The van der Waals surface area contributed by atoms with Gasteiger partial charge in [-0.15, -0.1) is 11.3 Å². The first-order valence-corrected chi connectivity index (χ1v) is 11.0. The third kappa shape index (κ3) is 4.45. The predicted molar refractivity (Wildman–Crippen MR) is 125 cm³/mol. The minimum Gasteiger partial charge on any atom is -0.378 e. The minimum absolute atomic E-state index is 0.0563. The summed E-state index contributed by atoms with van der Waals surface area (Å²) in [4.78, 5) is 25.8. The lowest BCUT2D eigenvalue weighted by molar-refractivity contribution is -0.926. The minimum atomic E-state index is -0.0563. The second kappa shape index (κ2) is 8.81. The van der Waals surface area contributed by atoms with Gasteiger partial charge in [-0.05, 0) is 30.7 Å². The molecule has 1 atom stereocenters. The highest BCUT2D eigenvalue weighted by molar-refractivity contribution is 7.21. The van der Waals surface area contributed by atoms with Gasteiger partial charge < -0.3 is 14.8 Å². The average molecular weight is 420 g/mol. The number of anilines is 1. The molecule has 2 N–H and O–H groups in total. The van der Waals surface area contributed by atoms with Crippen LogP contribution >= 0.6 is 11.3 Å². The zero-order valence-electron chi connectivity index (χ0n) is 17.6. The van der Waals surface area contributed by atoms with E-state index in [1.54, 1.807) is 11.3 Å². The summed E-state index contributed by atoms with van der Waals surface area (Å²) in [6.45, 7) is 4.71. The lowest BCUT2D eigenvalue weighted by atomic mass is 10.2. The molecule has 1 unspecified atom stereocenters. The van der Waals surface area contributed by atoms with Gasteiger partial charge in [0.1, 0.15) is 17.9 Å². The van der Waals surface area contributed by atoms with E-state index in [0.29, 0.717) is 11.9 Å². The van der Waals surface area contributed by atoms with E-state index < -0.39 is 0 Å². The molecular weight excluding hydrogens is 392 g/mol. The second-order valence-corrected chi connectivity index (χ2v) is 8.76. The second-order valence-electron chi connectivity index (χ2n) is 7.73. The highest BCUT2D eigenvalue weighted by Crippen LogP contribution is 2.30. The third-order valence-electron chi connectivity index (χ3n) is 5.33. The first-order chi connectivity index (χ1) is 14.5. The van der Waals surface area contributed by atoms with Crippen molar-refractivity contribution in [3.05, 3.63) is 82.4 Å². The molecule has 2 aromatic heterocycles. The van der Waals surface area contributed by atoms with Crippen LogP contribution in [0.25, 0.3) is 20.7 Å². The first-order valence-electron chi connectivity index (χ1n) is 10.2. The van der Waals surface area contributed by atoms with Gasteiger partial charge in [0.05, 0.1) is 11.9 Å². The van der Waals surface area contributed by atoms with Crippen molar-refractivity contribution in [2.75, 3.05) is 25.5 Å². The van der Waals surface area contributed by atoms with Crippen molar-refractivity contribution in [1.29, 1.82) is 0 Å². The van der Waals surface area contributed by atoms with Crippen LogP contribution < -0.4 is 15.4 Å². The maximum Gasteiger partial charge on any atom is 0.259 e. The Labute approximate surface area is 180 Å². The molecular formula is C24H27N4OS+. The number of thiophene rings is 1. The van der Waals surface area contributed by atoms with Crippen LogP contribution in [0.2, 0.25) is 0 Å². The molecule has 0 fully saturated rings. The zero-order chi connectivity index (χ0) is 21.1. The fraction of sp³-hybridized carbons (Fsp3) is 0.250. The molecule has 5 nitrogen and oxygen atoms in total. The molecule has 0 aliphatic carbocycles. The molecule has 2 heterocycles. The molecule has 0 aliphatic heterocycles. The van der Waals surface area contributed by atoms with Crippen LogP contribution in [0.1, 0.15) is 18.3 Å². The van der Waals surface area contributed by atoms with Gasteiger partial charge in [-0.25, -0.2) is 4.98 Å². The van der Waals surface area contributed by atoms with Crippen molar-refractivity contribution >= 4 is 27.2 Å². The van der Waals surface area contributed by atoms with Gasteiger partial charge in [0.25, 0.3) is 5.56 Å². The topological polar surface area (TPSA) is 53.4 Å². The number of hydrogen-bond donors (Lipinski definition) is 2. The highest BCUT2D eigenvalue weighted by Gasteiger charge is 2.14. The Hall–Kier alpha value is -2.96. The number of benzene rings is 2. The summed E-state index contributed by atoms with van der Waals surface area (Å²) in [5, 5.41) is 0.667. The van der Waals surface area contributed by atoms with Crippen molar-refractivity contribution < 1.29 is 4.90 Å². The maximum absolute atomic E-state index is 12.7. The quantitative estimate of drug-likeness (QED) is 0.483. The highest BCUT2D eigenvalue weighted by atomic mass is 32.1. The van der Waals surface area contributed by atoms with Gasteiger partial charge in [-0.1, -0.05) is 42.5 Å². The van der Waals surface area contributed by atoms with Gasteiger partial charge in [-0.2, -0.15) is 0 Å². The Morgan fingerprint density at radius 2 is 1.77 bits per heavy atom. The number of nitrogens with one attached hydrogen (secondary N) is 2. The van der Waals surface area contributed by atoms with Crippen molar-refractivity contribution in [3.8, 4) is 10.4 Å². The van der Waals surface area contributed by atoms with Gasteiger partial charge in [0.2, 0.25) is 0 Å². The summed E-state index contributed by atoms with van der Waals surface area (Å²) >= 11 is 1.58. The molecule has 0 aliphatic rings. The summed E-state index contributed by atoms with van der Waals surface area (Å²) in [5.74, 6) is 0.746. The van der Waals surface area contributed by atoms with Crippen molar-refractivity contribution in [2.45, 2.75) is 20.0 Å². The number of rotatable bonds is 7. The molecule has 154 valence electrons. The van der Waals surface area contributed by atoms with E-state index in [9.17, 15) is 4.79 Å². The van der Waals surface area contributed by atoms with Gasteiger partial charge in [-0.3, -0.25) is 4.79 Å². The number of aromatic nitrogens is 2. The molecule has 2 aromatic carbocycles. The number of H-pyrrole nitrogens is 1. The summed E-state index contributed by atoms with van der Waals surface area (Å²) in [5.41, 5.74) is 3.53. The van der Waals surface area contributed by atoms with E-state index in [0.717, 1.165) is 34.2 Å². The maximum atomic E-state index is 12.7. The van der Waals surface area contributed by atoms with E-state index in [4.69, 9.17) is 4.98 Å². The lowest BCUT2D eigenvalue weighted by Crippen LogP contribution is -3.09. The summed E-state index contributed by atoms with van der Waals surface area (Å²) in [6.07, 6.45) is 0. The van der Waals surface area contributed by atoms with E-state index in [2.05, 4.69) is 53.2 Å². The Morgan fingerprint density at radius 3 is 2.43 bits per heavy atom. The fourth-order valence-corrected chi connectivity index (χ4v) is 4.61. The van der Waals surface area contributed by atoms with Crippen LogP contribution in [-0.2, 0) is 13.1 Å². The standard InChI is InChI=1S/C24H26N4OS/c1-4-28(15-17-10-12-19(13-11-17)27(2)3)16-22-25-23(29)20-14-21(30-24(20)26-22)18-8-6-5-7-9-18/h5-14H,4,15-16H2,1-3H3,(H,25,26,29)/p+1. The first kappa shape index (κ1) is 20.3. The Morgan fingerprint density at radius 1 is 1.03 bits per heavy atom. The molecule has 0 saturated carbocycles. The monoisotopic (exact) mass is 419 g/mol. The molecule has 0 radical (unpaired) electrons. The van der Waals surface area contributed by atoms with E-state index in [-0.39, 0.29) is 5.56 Å². The molecule has 6 heteroatoms. The smallest absolute Gasteiger partial charge is 0.259 e. The Kier molecular flexibility index (Phi) is 5.97. The van der Waals surface area contributed by atoms with Crippen LogP contribution in [-0.4, -0.2) is 30.6 Å². The molecule has 0 saturated heterocycles. The van der Waals surface area contributed by atoms with E-state index in [1.165, 1.54) is 16.2 Å². The zero-order valence-corrected chi connectivity index (χ0v) is 18.4. The molecule has 0 bridgehead atoms. The summed E-state index contributed by atoms with van der Waals surface area (Å²) < 4.78 is 0. The number of nitrogens with zero attached hydrogens (tertiary/aromatic N) is 2. The van der Waals surface area contributed by atoms with Crippen LogP contribution in [0.4, 0.5) is 5.69 Å². The SMILES string of the molecule is CC[NH+](Cc1ccc(N(C)C)cc1)Cc1nc2sc(-c3ccccc3)cc2c(=O)[nH]1. The van der Waals surface area contributed by atoms with Gasteiger partial charge in [0.15, 0.2) is 5.82 Å². The molecule has 0 amide bonds. The van der Waals surface area contributed by atoms with Crippen molar-refractivity contribution in [2.24, 2.45) is 0 Å². The van der Waals surface area contributed by atoms with Crippen molar-refractivity contribution in [3.63, 3.8) is 0 Å². The Balaban J connectivity index is 1.55. The van der Waals surface area contributed by atoms with E-state index >= 15 is 0 Å². The molecule has 4 aromatic rings. The molecule has 30 heavy (non-hydrogen) atoms. The molecule has 4 rings (SSSR count). The molecule has 0 spiro atoms. The van der Waals surface area contributed by atoms with Crippen LogP contribution in [0.15, 0.2) is 65.5 Å². The number of quaternary nitrogens is 1. The third-order valence-corrected chi connectivity index (χ3v) is 6.41. The number of fused-ring (bicyclic) bond motifs is 1. The summed E-state index contributed by atoms with van der Waals surface area (Å²) in [6, 6.07) is 20.7. The number of hydrogen-bond acceptors (Lipinski definition) is 4. The lowest BCUT2D eigenvalue weighted by Gasteiger charge is -2.18. The normalized spacial score (nSPS) is 12.2. The van der Waals surface area contributed by atoms with Crippen molar-refractivity contribution in [1.82, 2.24) is 9.97 Å². The average Bonchev–Trinajstić information content (AvgIpc) is 3.19. The predicted octanol–water partition coefficient (Wildman–Crippen LogP) is 3.32. The summed E-state index contributed by atoms with van der Waals surface area (Å²) in [7, 11) is 4.09. The Bertz CT molecular complexity index is 1180. The number of aromatic amines is 1. The largest absolute Gasteiger partial charge is 0.378 e. The van der Waals surface area contributed by atoms with Gasteiger partial charge >= 0.3 is 0 Å². The van der Waals surface area contributed by atoms with Gasteiger partial charge in [0, 0.05) is 30.2 Å².